The maximum Gasteiger partial charge on any atom is 0.155 e. The van der Waals surface area contributed by atoms with Crippen LogP contribution in [-0.2, 0) is 9.84 Å². The molecule has 17 heavy (non-hydrogen) atoms. The highest BCUT2D eigenvalue weighted by Crippen LogP contribution is 2.39. The maximum atomic E-state index is 11.8. The second-order valence-electron chi connectivity index (χ2n) is 5.94. The zero-order chi connectivity index (χ0) is 13.3. The molecule has 4 heteroatoms. The minimum absolute atomic E-state index is 0.137. The number of hydrogen-bond donors (Lipinski definition) is 1. The molecule has 102 valence electrons. The lowest BCUT2D eigenvalue weighted by molar-refractivity contribution is 0.0233. The van der Waals surface area contributed by atoms with Gasteiger partial charge in [0.25, 0.3) is 0 Å². The zero-order valence-corrected chi connectivity index (χ0v) is 12.3. The van der Waals surface area contributed by atoms with Gasteiger partial charge in [0.15, 0.2) is 9.84 Å². The Morgan fingerprint density at radius 3 is 2.29 bits per heavy atom. The zero-order valence-electron chi connectivity index (χ0n) is 11.4. The molecule has 0 spiro atoms. The van der Waals surface area contributed by atoms with E-state index >= 15 is 0 Å². The molecule has 0 bridgehead atoms. The molecule has 3 unspecified atom stereocenters. The first-order chi connectivity index (χ1) is 7.71. The largest absolute Gasteiger partial charge is 0.391 e. The molecule has 0 aromatic carbocycles. The van der Waals surface area contributed by atoms with E-state index in [9.17, 15) is 13.5 Å². The van der Waals surface area contributed by atoms with Crippen LogP contribution in [0.2, 0.25) is 0 Å². The Morgan fingerprint density at radius 2 is 1.82 bits per heavy atom. The van der Waals surface area contributed by atoms with Crippen molar-refractivity contribution in [1.29, 1.82) is 0 Å². The summed E-state index contributed by atoms with van der Waals surface area (Å²) < 4.78 is 22.5. The Bertz CT molecular complexity index is 346. The SMILES string of the molecule is CCC1CCCCC1C(O)C(C)(C)S(C)(=O)=O. The molecule has 0 radical (unpaired) electrons. The monoisotopic (exact) mass is 262 g/mol. The Morgan fingerprint density at radius 1 is 1.29 bits per heavy atom. The van der Waals surface area contributed by atoms with Crippen molar-refractivity contribution >= 4 is 9.84 Å². The number of aliphatic hydroxyl groups is 1. The van der Waals surface area contributed by atoms with E-state index in [0.29, 0.717) is 5.92 Å². The molecule has 1 aliphatic carbocycles. The van der Waals surface area contributed by atoms with Crippen LogP contribution in [0, 0.1) is 11.8 Å². The number of aliphatic hydroxyl groups excluding tert-OH is 1. The molecule has 0 saturated heterocycles. The van der Waals surface area contributed by atoms with Gasteiger partial charge in [-0.3, -0.25) is 0 Å². The van der Waals surface area contributed by atoms with Gasteiger partial charge in [-0.1, -0.05) is 32.6 Å². The summed E-state index contributed by atoms with van der Waals surface area (Å²) in [5, 5.41) is 10.5. The highest BCUT2D eigenvalue weighted by atomic mass is 32.2. The van der Waals surface area contributed by atoms with Crippen molar-refractivity contribution in [2.45, 2.75) is 63.7 Å². The average Bonchev–Trinajstić information content (AvgIpc) is 2.26. The Balaban J connectivity index is 2.91. The Hall–Kier alpha value is -0.0900. The summed E-state index contributed by atoms with van der Waals surface area (Å²) in [5.41, 5.74) is 0. The van der Waals surface area contributed by atoms with Gasteiger partial charge in [-0.2, -0.15) is 0 Å². The molecular weight excluding hydrogens is 236 g/mol. The van der Waals surface area contributed by atoms with Crippen LogP contribution in [0.1, 0.15) is 52.9 Å². The van der Waals surface area contributed by atoms with Gasteiger partial charge in [-0.25, -0.2) is 8.42 Å². The topological polar surface area (TPSA) is 54.4 Å². The van der Waals surface area contributed by atoms with Gasteiger partial charge in [0, 0.05) is 6.26 Å². The van der Waals surface area contributed by atoms with Crippen LogP contribution in [0.3, 0.4) is 0 Å². The van der Waals surface area contributed by atoms with E-state index < -0.39 is 20.7 Å². The van der Waals surface area contributed by atoms with E-state index in [2.05, 4.69) is 6.92 Å². The van der Waals surface area contributed by atoms with E-state index in [4.69, 9.17) is 0 Å². The first-order valence-electron chi connectivity index (χ1n) is 6.59. The molecule has 3 nitrogen and oxygen atoms in total. The fraction of sp³-hybridized carbons (Fsp3) is 1.00. The Kier molecular flexibility index (Phi) is 4.64. The third-order valence-corrected chi connectivity index (χ3v) is 6.72. The molecule has 3 atom stereocenters. The van der Waals surface area contributed by atoms with E-state index in [1.54, 1.807) is 13.8 Å². The normalized spacial score (nSPS) is 29.0. The molecule has 0 amide bonds. The van der Waals surface area contributed by atoms with E-state index in [1.165, 1.54) is 12.7 Å². The maximum absolute atomic E-state index is 11.8. The molecule has 1 fully saturated rings. The van der Waals surface area contributed by atoms with Gasteiger partial charge in [0.1, 0.15) is 0 Å². The van der Waals surface area contributed by atoms with Gasteiger partial charge in [-0.05, 0) is 32.1 Å². The standard InChI is InChI=1S/C13H26O3S/c1-5-10-8-6-7-9-11(10)12(14)13(2,3)17(4,15)16/h10-12,14H,5-9H2,1-4H3. The molecule has 0 aromatic heterocycles. The second kappa shape index (κ2) is 5.27. The van der Waals surface area contributed by atoms with Gasteiger partial charge in [0.2, 0.25) is 0 Å². The summed E-state index contributed by atoms with van der Waals surface area (Å²) in [4.78, 5) is 0. The summed E-state index contributed by atoms with van der Waals surface area (Å²) in [7, 11) is -3.23. The van der Waals surface area contributed by atoms with Gasteiger partial charge >= 0.3 is 0 Å². The molecule has 1 aliphatic rings. The lowest BCUT2D eigenvalue weighted by Crippen LogP contribution is -2.49. The first kappa shape index (κ1) is 15.0. The van der Waals surface area contributed by atoms with Crippen LogP contribution < -0.4 is 0 Å². The van der Waals surface area contributed by atoms with Gasteiger partial charge in [-0.15, -0.1) is 0 Å². The summed E-state index contributed by atoms with van der Waals surface area (Å²) in [6.45, 7) is 5.42. The molecule has 0 heterocycles. The fourth-order valence-corrected chi connectivity index (χ4v) is 3.51. The smallest absolute Gasteiger partial charge is 0.155 e. The van der Waals surface area contributed by atoms with Crippen molar-refractivity contribution in [2.24, 2.45) is 11.8 Å². The number of hydrogen-bond acceptors (Lipinski definition) is 3. The molecule has 1 N–H and O–H groups in total. The minimum Gasteiger partial charge on any atom is -0.391 e. The number of sulfone groups is 1. The van der Waals surface area contributed by atoms with Crippen LogP contribution in [-0.4, -0.2) is 30.6 Å². The summed E-state index contributed by atoms with van der Waals surface area (Å²) in [6.07, 6.45) is 5.90. The van der Waals surface area contributed by atoms with Crippen molar-refractivity contribution in [2.75, 3.05) is 6.26 Å². The van der Waals surface area contributed by atoms with Gasteiger partial charge in [0.05, 0.1) is 10.9 Å². The van der Waals surface area contributed by atoms with Crippen molar-refractivity contribution < 1.29 is 13.5 Å². The minimum atomic E-state index is -3.23. The lowest BCUT2D eigenvalue weighted by atomic mass is 9.72. The van der Waals surface area contributed by atoms with Crippen LogP contribution in [0.5, 0.6) is 0 Å². The molecule has 1 saturated carbocycles. The van der Waals surface area contributed by atoms with Crippen LogP contribution in [0.15, 0.2) is 0 Å². The van der Waals surface area contributed by atoms with Crippen molar-refractivity contribution in [3.63, 3.8) is 0 Å². The average molecular weight is 262 g/mol. The number of rotatable bonds is 4. The molecule has 0 aromatic rings. The third-order valence-electron chi connectivity index (χ3n) is 4.57. The van der Waals surface area contributed by atoms with Crippen LogP contribution in [0.4, 0.5) is 0 Å². The van der Waals surface area contributed by atoms with Gasteiger partial charge < -0.3 is 5.11 Å². The van der Waals surface area contributed by atoms with E-state index in [0.717, 1.165) is 25.7 Å². The highest BCUT2D eigenvalue weighted by molar-refractivity contribution is 7.92. The van der Waals surface area contributed by atoms with E-state index in [-0.39, 0.29) is 5.92 Å². The molecule has 0 aliphatic heterocycles. The molecule has 1 rings (SSSR count). The quantitative estimate of drug-likeness (QED) is 0.846. The first-order valence-corrected chi connectivity index (χ1v) is 8.48. The summed E-state index contributed by atoms with van der Waals surface area (Å²) in [6, 6.07) is 0. The van der Waals surface area contributed by atoms with Crippen molar-refractivity contribution in [3.05, 3.63) is 0 Å². The van der Waals surface area contributed by atoms with Crippen molar-refractivity contribution in [1.82, 2.24) is 0 Å². The summed E-state index contributed by atoms with van der Waals surface area (Å²) >= 11 is 0. The third kappa shape index (κ3) is 3.02. The predicted molar refractivity (Wildman–Crippen MR) is 70.7 cm³/mol. The fourth-order valence-electron chi connectivity index (χ4n) is 2.89. The van der Waals surface area contributed by atoms with Crippen molar-refractivity contribution in [3.8, 4) is 0 Å². The second-order valence-corrected chi connectivity index (χ2v) is 8.53. The summed E-state index contributed by atoms with van der Waals surface area (Å²) in [5.74, 6) is 0.609. The Labute approximate surface area is 106 Å². The van der Waals surface area contributed by atoms with Crippen LogP contribution >= 0.6 is 0 Å². The highest BCUT2D eigenvalue weighted by Gasteiger charge is 2.44. The van der Waals surface area contributed by atoms with E-state index in [1.807, 2.05) is 0 Å². The lowest BCUT2D eigenvalue weighted by Gasteiger charge is -2.40. The van der Waals surface area contributed by atoms with Crippen LogP contribution in [0.25, 0.3) is 0 Å². The predicted octanol–water partition coefficient (Wildman–Crippen LogP) is 2.39. The molecular formula is C13H26O3S.